The number of anilines is 1. The molecule has 2 rings (SSSR count). The third-order valence-electron chi connectivity index (χ3n) is 2.29. The van der Waals surface area contributed by atoms with E-state index in [0.29, 0.717) is 11.4 Å². The zero-order valence-electron chi connectivity index (χ0n) is 8.81. The molecule has 1 heterocycles. The second-order valence-corrected chi connectivity index (χ2v) is 4.27. The molecule has 2 aromatic rings. The number of hydrogen-bond donors (Lipinski definition) is 2. The first kappa shape index (κ1) is 11.6. The molecule has 0 unspecified atom stereocenters. The van der Waals surface area contributed by atoms with Crippen LogP contribution in [0.3, 0.4) is 0 Å². The molecule has 0 aliphatic carbocycles. The van der Waals surface area contributed by atoms with Crippen LogP contribution in [0.15, 0.2) is 40.9 Å². The van der Waals surface area contributed by atoms with Crippen molar-refractivity contribution in [3.63, 3.8) is 0 Å². The van der Waals surface area contributed by atoms with E-state index in [2.05, 4.69) is 26.3 Å². The normalized spacial score (nSPS) is 9.71. The minimum atomic E-state index is 0.382. The number of nitrogens with two attached hydrogens (primary N) is 1. The van der Waals surface area contributed by atoms with Gasteiger partial charge in [-0.1, -0.05) is 28.1 Å². The molecule has 0 bridgehead atoms. The number of benzene rings is 1. The molecule has 4 nitrogen and oxygen atoms in total. The van der Waals surface area contributed by atoms with Crippen molar-refractivity contribution in [3.8, 4) is 17.3 Å². The fourth-order valence-electron chi connectivity index (χ4n) is 1.44. The number of pyridine rings is 1. The first-order chi connectivity index (χ1) is 8.24. The first-order valence-corrected chi connectivity index (χ1v) is 5.67. The zero-order chi connectivity index (χ0) is 12.3. The van der Waals surface area contributed by atoms with E-state index in [-0.39, 0.29) is 0 Å². The smallest absolute Gasteiger partial charge is 0.158 e. The van der Waals surface area contributed by atoms with Crippen LogP contribution in [0, 0.1) is 11.3 Å². The Morgan fingerprint density at radius 2 is 1.88 bits per heavy atom. The molecular formula is C12H9BrN4. The minimum absolute atomic E-state index is 0.382. The summed E-state index contributed by atoms with van der Waals surface area (Å²) in [5.74, 6) is 5.71. The Morgan fingerprint density at radius 1 is 1.18 bits per heavy atom. The summed E-state index contributed by atoms with van der Waals surface area (Å²) in [5.41, 5.74) is 4.58. The number of nitrogens with zero attached hydrogens (tertiary/aromatic N) is 2. The maximum absolute atomic E-state index is 8.86. The van der Waals surface area contributed by atoms with Gasteiger partial charge in [0.15, 0.2) is 5.82 Å². The second-order valence-electron chi connectivity index (χ2n) is 3.36. The summed E-state index contributed by atoms with van der Waals surface area (Å²) in [7, 11) is 0. The lowest BCUT2D eigenvalue weighted by molar-refractivity contribution is 1.21. The summed E-state index contributed by atoms with van der Waals surface area (Å²) in [6.45, 7) is 0. The lowest BCUT2D eigenvalue weighted by Gasteiger charge is -2.05. The summed E-state index contributed by atoms with van der Waals surface area (Å²) >= 11 is 3.37. The third-order valence-corrected chi connectivity index (χ3v) is 2.82. The Bertz CT molecular complexity index is 572. The number of halogens is 1. The third kappa shape index (κ3) is 2.44. The Balaban J connectivity index is 2.47. The van der Waals surface area contributed by atoms with Crippen molar-refractivity contribution in [2.45, 2.75) is 0 Å². The molecular weight excluding hydrogens is 280 g/mol. The summed E-state index contributed by atoms with van der Waals surface area (Å²) in [6, 6.07) is 13.3. The van der Waals surface area contributed by atoms with Gasteiger partial charge in [-0.3, -0.25) is 0 Å². The van der Waals surface area contributed by atoms with Crippen molar-refractivity contribution in [1.82, 2.24) is 4.98 Å². The van der Waals surface area contributed by atoms with Gasteiger partial charge in [0.25, 0.3) is 0 Å². The Hall–Kier alpha value is -1.90. The van der Waals surface area contributed by atoms with Gasteiger partial charge in [0, 0.05) is 10.0 Å². The van der Waals surface area contributed by atoms with Crippen molar-refractivity contribution < 1.29 is 0 Å². The highest BCUT2D eigenvalue weighted by Gasteiger charge is 2.05. The van der Waals surface area contributed by atoms with Gasteiger partial charge in [-0.15, -0.1) is 0 Å². The molecule has 1 aromatic carbocycles. The number of rotatable bonds is 2. The van der Waals surface area contributed by atoms with Crippen molar-refractivity contribution in [2.75, 3.05) is 5.43 Å². The quantitative estimate of drug-likeness (QED) is 0.658. The molecule has 0 spiro atoms. The molecule has 0 fully saturated rings. The fourth-order valence-corrected chi connectivity index (χ4v) is 1.71. The first-order valence-electron chi connectivity index (χ1n) is 4.88. The standard InChI is InChI=1S/C12H9BrN4/c13-10-4-1-8(2-5-10)11-6-3-9(7-14)12(16-11)17-15/h1-6H,15H2,(H,16,17). The van der Waals surface area contributed by atoms with Crippen LogP contribution in [0.1, 0.15) is 5.56 Å². The van der Waals surface area contributed by atoms with E-state index >= 15 is 0 Å². The van der Waals surface area contributed by atoms with E-state index in [1.807, 2.05) is 30.3 Å². The molecule has 0 saturated heterocycles. The van der Waals surface area contributed by atoms with Crippen LogP contribution in [-0.4, -0.2) is 4.98 Å². The van der Waals surface area contributed by atoms with E-state index in [9.17, 15) is 0 Å². The average Bonchev–Trinajstić information content (AvgIpc) is 2.39. The number of nitrogen functional groups attached to an aromatic ring is 1. The van der Waals surface area contributed by atoms with Crippen LogP contribution in [0.4, 0.5) is 5.82 Å². The average molecular weight is 289 g/mol. The molecule has 5 heteroatoms. The van der Waals surface area contributed by atoms with Crippen molar-refractivity contribution in [2.24, 2.45) is 5.84 Å². The largest absolute Gasteiger partial charge is 0.307 e. The SMILES string of the molecule is N#Cc1ccc(-c2ccc(Br)cc2)nc1NN. The molecule has 1 aromatic heterocycles. The highest BCUT2D eigenvalue weighted by atomic mass is 79.9. The maximum atomic E-state index is 8.86. The van der Waals surface area contributed by atoms with Crippen molar-refractivity contribution >= 4 is 21.7 Å². The van der Waals surface area contributed by atoms with Crippen LogP contribution in [-0.2, 0) is 0 Å². The van der Waals surface area contributed by atoms with Gasteiger partial charge in [-0.05, 0) is 24.3 Å². The van der Waals surface area contributed by atoms with E-state index in [1.54, 1.807) is 12.1 Å². The van der Waals surface area contributed by atoms with Crippen LogP contribution in [0.5, 0.6) is 0 Å². The lowest BCUT2D eigenvalue weighted by Crippen LogP contribution is -2.10. The van der Waals surface area contributed by atoms with Crippen LogP contribution in [0.25, 0.3) is 11.3 Å². The van der Waals surface area contributed by atoms with Gasteiger partial charge in [0.1, 0.15) is 6.07 Å². The van der Waals surface area contributed by atoms with Crippen LogP contribution < -0.4 is 11.3 Å². The van der Waals surface area contributed by atoms with E-state index < -0.39 is 0 Å². The highest BCUT2D eigenvalue weighted by Crippen LogP contribution is 2.22. The fraction of sp³-hybridized carbons (Fsp3) is 0. The van der Waals surface area contributed by atoms with Crippen molar-refractivity contribution in [3.05, 3.63) is 46.4 Å². The number of hydrazine groups is 1. The molecule has 0 saturated carbocycles. The summed E-state index contributed by atoms with van der Waals surface area (Å²) < 4.78 is 1.01. The number of aromatic nitrogens is 1. The van der Waals surface area contributed by atoms with Gasteiger partial charge >= 0.3 is 0 Å². The maximum Gasteiger partial charge on any atom is 0.158 e. The molecule has 0 aliphatic rings. The number of nitriles is 1. The zero-order valence-corrected chi connectivity index (χ0v) is 10.4. The second kappa shape index (κ2) is 4.95. The molecule has 84 valence electrons. The summed E-state index contributed by atoms with van der Waals surface area (Å²) in [4.78, 5) is 4.29. The molecule has 0 atom stereocenters. The minimum Gasteiger partial charge on any atom is -0.307 e. The van der Waals surface area contributed by atoms with Crippen molar-refractivity contribution in [1.29, 1.82) is 5.26 Å². The number of nitrogens with one attached hydrogen (secondary N) is 1. The van der Waals surface area contributed by atoms with Crippen LogP contribution >= 0.6 is 15.9 Å². The summed E-state index contributed by atoms with van der Waals surface area (Å²) in [5, 5.41) is 8.86. The Kier molecular flexibility index (Phi) is 3.38. The van der Waals surface area contributed by atoms with Gasteiger partial charge in [-0.25, -0.2) is 10.8 Å². The highest BCUT2D eigenvalue weighted by molar-refractivity contribution is 9.10. The molecule has 0 aliphatic heterocycles. The van der Waals surface area contributed by atoms with E-state index in [0.717, 1.165) is 15.7 Å². The van der Waals surface area contributed by atoms with Gasteiger partial charge in [0.05, 0.1) is 11.3 Å². The molecule has 0 amide bonds. The van der Waals surface area contributed by atoms with E-state index in [1.165, 1.54) is 0 Å². The van der Waals surface area contributed by atoms with Gasteiger partial charge < -0.3 is 5.43 Å². The predicted molar refractivity (Wildman–Crippen MR) is 69.9 cm³/mol. The van der Waals surface area contributed by atoms with E-state index in [4.69, 9.17) is 11.1 Å². The summed E-state index contributed by atoms with van der Waals surface area (Å²) in [6.07, 6.45) is 0. The monoisotopic (exact) mass is 288 g/mol. The number of hydrogen-bond acceptors (Lipinski definition) is 4. The Morgan fingerprint density at radius 3 is 2.47 bits per heavy atom. The molecule has 17 heavy (non-hydrogen) atoms. The van der Waals surface area contributed by atoms with Gasteiger partial charge in [0.2, 0.25) is 0 Å². The topological polar surface area (TPSA) is 74.7 Å². The molecule has 3 N–H and O–H groups in total. The Labute approximate surface area is 107 Å². The predicted octanol–water partition coefficient (Wildman–Crippen LogP) is 2.67. The molecule has 0 radical (unpaired) electrons. The lowest BCUT2D eigenvalue weighted by atomic mass is 10.1. The van der Waals surface area contributed by atoms with Gasteiger partial charge in [-0.2, -0.15) is 5.26 Å². The van der Waals surface area contributed by atoms with Crippen LogP contribution in [0.2, 0.25) is 0 Å².